The standard InChI is InChI=1S/C17H21N5O4/c18-9-16-19-15(20-26-16)11-22-10-14(17(23)21-5-7-24-8-6-21)25-13-4-2-1-3-12(13)22/h1-4,14H,5-11,18H2. The van der Waals surface area contributed by atoms with Gasteiger partial charge >= 0.3 is 0 Å². The number of anilines is 1. The third-order valence-electron chi connectivity index (χ3n) is 4.48. The Balaban J connectivity index is 1.55. The van der Waals surface area contributed by atoms with Crippen molar-refractivity contribution in [3.05, 3.63) is 36.0 Å². The molecule has 9 heteroatoms. The minimum absolute atomic E-state index is 0.0245. The van der Waals surface area contributed by atoms with Crippen molar-refractivity contribution >= 4 is 11.6 Å². The van der Waals surface area contributed by atoms with E-state index < -0.39 is 6.10 Å². The van der Waals surface area contributed by atoms with Crippen LogP contribution in [0.4, 0.5) is 5.69 Å². The van der Waals surface area contributed by atoms with E-state index >= 15 is 0 Å². The van der Waals surface area contributed by atoms with Crippen molar-refractivity contribution in [2.24, 2.45) is 5.73 Å². The van der Waals surface area contributed by atoms with Crippen molar-refractivity contribution in [3.63, 3.8) is 0 Å². The lowest BCUT2D eigenvalue weighted by Crippen LogP contribution is -2.52. The first kappa shape index (κ1) is 16.8. The lowest BCUT2D eigenvalue weighted by Gasteiger charge is -2.37. The van der Waals surface area contributed by atoms with Gasteiger partial charge in [0.1, 0.15) is 5.75 Å². The second kappa shape index (κ2) is 7.30. The molecule has 138 valence electrons. The van der Waals surface area contributed by atoms with E-state index in [0.29, 0.717) is 56.9 Å². The van der Waals surface area contributed by atoms with Crippen molar-refractivity contribution < 1.29 is 18.8 Å². The molecule has 2 aliphatic rings. The van der Waals surface area contributed by atoms with Crippen LogP contribution in [0.5, 0.6) is 5.75 Å². The molecular formula is C17H21N5O4. The van der Waals surface area contributed by atoms with Crippen molar-refractivity contribution in [2.75, 3.05) is 37.7 Å². The number of rotatable bonds is 4. The van der Waals surface area contributed by atoms with E-state index in [-0.39, 0.29) is 12.5 Å². The topological polar surface area (TPSA) is 107 Å². The number of aromatic nitrogens is 2. The Morgan fingerprint density at radius 2 is 2.08 bits per heavy atom. The molecule has 1 atom stereocenters. The maximum absolute atomic E-state index is 12.9. The van der Waals surface area contributed by atoms with Gasteiger partial charge in [-0.1, -0.05) is 17.3 Å². The fourth-order valence-corrected chi connectivity index (χ4v) is 3.18. The van der Waals surface area contributed by atoms with E-state index in [1.54, 1.807) is 4.90 Å². The summed E-state index contributed by atoms with van der Waals surface area (Å²) in [4.78, 5) is 20.9. The number of morpholine rings is 1. The summed E-state index contributed by atoms with van der Waals surface area (Å²) in [7, 11) is 0. The zero-order valence-electron chi connectivity index (χ0n) is 14.3. The molecule has 2 aromatic rings. The molecule has 1 fully saturated rings. The van der Waals surface area contributed by atoms with E-state index in [0.717, 1.165) is 5.69 Å². The number of nitrogens with two attached hydrogens (primary N) is 1. The van der Waals surface area contributed by atoms with E-state index in [2.05, 4.69) is 10.1 Å². The average molecular weight is 359 g/mol. The van der Waals surface area contributed by atoms with Gasteiger partial charge in [0.25, 0.3) is 5.91 Å². The predicted octanol–water partition coefficient (Wildman–Crippen LogP) is 0.155. The molecule has 0 radical (unpaired) electrons. The van der Waals surface area contributed by atoms with Crippen LogP contribution in [0.15, 0.2) is 28.8 Å². The number of carbonyl (C=O) groups excluding carboxylic acids is 1. The van der Waals surface area contributed by atoms with Crippen LogP contribution in [0.25, 0.3) is 0 Å². The maximum Gasteiger partial charge on any atom is 0.265 e. The highest BCUT2D eigenvalue weighted by molar-refractivity contribution is 5.83. The van der Waals surface area contributed by atoms with Crippen LogP contribution in [0.1, 0.15) is 11.7 Å². The minimum atomic E-state index is -0.580. The molecule has 9 nitrogen and oxygen atoms in total. The summed E-state index contributed by atoms with van der Waals surface area (Å²) >= 11 is 0. The summed E-state index contributed by atoms with van der Waals surface area (Å²) in [5.41, 5.74) is 6.43. The molecule has 1 amide bonds. The Morgan fingerprint density at radius 3 is 2.85 bits per heavy atom. The molecule has 1 aromatic carbocycles. The Kier molecular flexibility index (Phi) is 4.72. The zero-order valence-corrected chi connectivity index (χ0v) is 14.3. The van der Waals surface area contributed by atoms with Gasteiger partial charge in [-0.3, -0.25) is 4.79 Å². The molecule has 1 unspecified atom stereocenters. The number of amides is 1. The smallest absolute Gasteiger partial charge is 0.265 e. The lowest BCUT2D eigenvalue weighted by molar-refractivity contribution is -0.142. The first-order valence-corrected chi connectivity index (χ1v) is 8.63. The normalized spacial score (nSPS) is 19.8. The van der Waals surface area contributed by atoms with Gasteiger partial charge in [0.2, 0.25) is 5.89 Å². The first-order valence-electron chi connectivity index (χ1n) is 8.63. The van der Waals surface area contributed by atoms with Crippen molar-refractivity contribution in [2.45, 2.75) is 19.2 Å². The largest absolute Gasteiger partial charge is 0.477 e. The monoisotopic (exact) mass is 359 g/mol. The molecule has 4 rings (SSSR count). The highest BCUT2D eigenvalue weighted by Gasteiger charge is 2.34. The van der Waals surface area contributed by atoms with Crippen LogP contribution in [0.3, 0.4) is 0 Å². The third kappa shape index (κ3) is 3.35. The molecule has 0 spiro atoms. The molecule has 1 saturated heterocycles. The van der Waals surface area contributed by atoms with Gasteiger partial charge in [-0.15, -0.1) is 0 Å². The van der Waals surface area contributed by atoms with Gasteiger partial charge in [-0.25, -0.2) is 0 Å². The molecule has 0 bridgehead atoms. The minimum Gasteiger partial charge on any atom is -0.477 e. The van der Waals surface area contributed by atoms with Crippen LogP contribution in [0.2, 0.25) is 0 Å². The Bertz CT molecular complexity index is 774. The molecule has 3 heterocycles. The molecule has 26 heavy (non-hydrogen) atoms. The van der Waals surface area contributed by atoms with E-state index in [1.165, 1.54) is 0 Å². The summed E-state index contributed by atoms with van der Waals surface area (Å²) in [5, 5.41) is 3.95. The van der Waals surface area contributed by atoms with Gasteiger partial charge in [0, 0.05) is 13.1 Å². The van der Waals surface area contributed by atoms with Gasteiger partial charge in [-0.2, -0.15) is 4.98 Å². The highest BCUT2D eigenvalue weighted by Crippen LogP contribution is 2.34. The van der Waals surface area contributed by atoms with E-state index in [4.69, 9.17) is 19.7 Å². The summed E-state index contributed by atoms with van der Waals surface area (Å²) in [6.07, 6.45) is -0.580. The number of para-hydroxylation sites is 2. The van der Waals surface area contributed by atoms with Gasteiger partial charge in [0.05, 0.1) is 38.5 Å². The number of nitrogens with zero attached hydrogens (tertiary/aromatic N) is 4. The quantitative estimate of drug-likeness (QED) is 0.822. The zero-order chi connectivity index (χ0) is 17.9. The van der Waals surface area contributed by atoms with Gasteiger partial charge in [-0.05, 0) is 12.1 Å². The lowest BCUT2D eigenvalue weighted by atomic mass is 10.1. The van der Waals surface area contributed by atoms with Gasteiger partial charge < -0.3 is 29.5 Å². The molecular weight excluding hydrogens is 338 g/mol. The Labute approximate surface area is 150 Å². The molecule has 2 N–H and O–H groups in total. The fraction of sp³-hybridized carbons (Fsp3) is 0.471. The number of hydrogen-bond donors (Lipinski definition) is 1. The number of ether oxygens (including phenoxy) is 2. The number of benzene rings is 1. The molecule has 0 saturated carbocycles. The highest BCUT2D eigenvalue weighted by atomic mass is 16.5. The maximum atomic E-state index is 12.9. The van der Waals surface area contributed by atoms with Crippen molar-refractivity contribution in [3.8, 4) is 5.75 Å². The SMILES string of the molecule is NCc1nc(CN2CC(C(=O)N3CCOCC3)Oc3ccccc32)no1. The summed E-state index contributed by atoms with van der Waals surface area (Å²) in [6.45, 7) is 3.32. The van der Waals surface area contributed by atoms with E-state index in [1.807, 2.05) is 29.2 Å². The molecule has 0 aliphatic carbocycles. The van der Waals surface area contributed by atoms with Crippen LogP contribution in [-0.2, 0) is 22.6 Å². The second-order valence-corrected chi connectivity index (χ2v) is 6.20. The van der Waals surface area contributed by atoms with E-state index in [9.17, 15) is 4.79 Å². The summed E-state index contributed by atoms with van der Waals surface area (Å²) in [6, 6.07) is 7.64. The molecule has 1 aromatic heterocycles. The summed E-state index contributed by atoms with van der Waals surface area (Å²) in [5.74, 6) is 1.57. The van der Waals surface area contributed by atoms with Gasteiger partial charge in [0.15, 0.2) is 11.9 Å². The average Bonchev–Trinajstić information content (AvgIpc) is 3.15. The number of carbonyl (C=O) groups is 1. The van der Waals surface area contributed by atoms with Crippen LogP contribution in [-0.4, -0.2) is 59.9 Å². The van der Waals surface area contributed by atoms with Crippen LogP contribution in [0, 0.1) is 0 Å². The third-order valence-corrected chi connectivity index (χ3v) is 4.48. The number of fused-ring (bicyclic) bond motifs is 1. The number of hydrogen-bond acceptors (Lipinski definition) is 8. The van der Waals surface area contributed by atoms with Crippen molar-refractivity contribution in [1.82, 2.24) is 15.0 Å². The van der Waals surface area contributed by atoms with Crippen LogP contribution >= 0.6 is 0 Å². The Morgan fingerprint density at radius 1 is 1.27 bits per heavy atom. The molecule has 2 aliphatic heterocycles. The first-order chi connectivity index (χ1) is 12.7. The summed E-state index contributed by atoms with van der Waals surface area (Å²) < 4.78 is 16.4. The van der Waals surface area contributed by atoms with Crippen molar-refractivity contribution in [1.29, 1.82) is 0 Å². The fourth-order valence-electron chi connectivity index (χ4n) is 3.18. The second-order valence-electron chi connectivity index (χ2n) is 6.20. The van der Waals surface area contributed by atoms with Crippen LogP contribution < -0.4 is 15.4 Å². The predicted molar refractivity (Wildman–Crippen MR) is 91.5 cm³/mol. The Hall–Kier alpha value is -2.65.